The first-order chi connectivity index (χ1) is 9.07. The van der Waals surface area contributed by atoms with Crippen LogP contribution in [0.1, 0.15) is 12.0 Å². The SMILES string of the molecule is COCCNS(=O)(=O)Nc1cccc(CCCO)c1. The second-order valence-electron chi connectivity index (χ2n) is 4.02. The van der Waals surface area contributed by atoms with Crippen LogP contribution in [0.5, 0.6) is 0 Å². The first kappa shape index (κ1) is 15.9. The fourth-order valence-electron chi connectivity index (χ4n) is 1.54. The monoisotopic (exact) mass is 288 g/mol. The van der Waals surface area contributed by atoms with Gasteiger partial charge in [0.1, 0.15) is 0 Å². The average Bonchev–Trinajstić information content (AvgIpc) is 2.36. The number of rotatable bonds is 9. The summed E-state index contributed by atoms with van der Waals surface area (Å²) in [4.78, 5) is 0. The van der Waals surface area contributed by atoms with Gasteiger partial charge in [-0.05, 0) is 30.5 Å². The Bertz CT molecular complexity index is 476. The molecule has 0 bridgehead atoms. The highest BCUT2D eigenvalue weighted by atomic mass is 32.2. The molecule has 0 aliphatic rings. The lowest BCUT2D eigenvalue weighted by molar-refractivity contribution is 0.204. The van der Waals surface area contributed by atoms with E-state index in [1.54, 1.807) is 18.2 Å². The van der Waals surface area contributed by atoms with E-state index in [9.17, 15) is 8.42 Å². The second kappa shape index (κ2) is 8.11. The quantitative estimate of drug-likeness (QED) is 0.578. The molecule has 0 aliphatic carbocycles. The van der Waals surface area contributed by atoms with E-state index in [0.29, 0.717) is 25.1 Å². The van der Waals surface area contributed by atoms with Crippen LogP contribution in [0.15, 0.2) is 24.3 Å². The Balaban J connectivity index is 2.60. The molecule has 19 heavy (non-hydrogen) atoms. The lowest BCUT2D eigenvalue weighted by Crippen LogP contribution is -2.32. The summed E-state index contributed by atoms with van der Waals surface area (Å²) in [6.07, 6.45) is 1.37. The van der Waals surface area contributed by atoms with Crippen molar-refractivity contribution in [1.29, 1.82) is 0 Å². The zero-order valence-electron chi connectivity index (χ0n) is 10.9. The fraction of sp³-hybridized carbons (Fsp3) is 0.500. The van der Waals surface area contributed by atoms with E-state index in [2.05, 4.69) is 9.44 Å². The number of methoxy groups -OCH3 is 1. The van der Waals surface area contributed by atoms with E-state index in [4.69, 9.17) is 9.84 Å². The summed E-state index contributed by atoms with van der Waals surface area (Å²) in [6, 6.07) is 7.11. The van der Waals surface area contributed by atoms with E-state index < -0.39 is 10.2 Å². The number of aliphatic hydroxyl groups excluding tert-OH is 1. The molecule has 1 rings (SSSR count). The van der Waals surface area contributed by atoms with Gasteiger partial charge in [-0.15, -0.1) is 0 Å². The van der Waals surface area contributed by atoms with Gasteiger partial charge >= 0.3 is 0 Å². The normalized spacial score (nSPS) is 11.5. The van der Waals surface area contributed by atoms with Crippen molar-refractivity contribution in [2.75, 3.05) is 31.6 Å². The second-order valence-corrected chi connectivity index (χ2v) is 5.52. The number of benzene rings is 1. The average molecular weight is 288 g/mol. The van der Waals surface area contributed by atoms with Gasteiger partial charge in [0, 0.05) is 20.3 Å². The van der Waals surface area contributed by atoms with Gasteiger partial charge in [-0.3, -0.25) is 4.72 Å². The summed E-state index contributed by atoms with van der Waals surface area (Å²) in [6.45, 7) is 0.655. The summed E-state index contributed by atoms with van der Waals surface area (Å²) in [5.74, 6) is 0. The lowest BCUT2D eigenvalue weighted by atomic mass is 10.1. The van der Waals surface area contributed by atoms with Crippen LogP contribution >= 0.6 is 0 Å². The predicted molar refractivity (Wildman–Crippen MR) is 74.3 cm³/mol. The molecule has 6 nitrogen and oxygen atoms in total. The van der Waals surface area contributed by atoms with E-state index in [-0.39, 0.29) is 13.2 Å². The minimum absolute atomic E-state index is 0.120. The number of aryl methyl sites for hydroxylation is 1. The number of aliphatic hydroxyl groups is 1. The third kappa shape index (κ3) is 6.53. The molecule has 0 aromatic heterocycles. The van der Waals surface area contributed by atoms with Gasteiger partial charge in [-0.25, -0.2) is 0 Å². The minimum atomic E-state index is -3.57. The van der Waals surface area contributed by atoms with Gasteiger partial charge in [0.05, 0.1) is 12.3 Å². The number of hydrogen-bond acceptors (Lipinski definition) is 4. The Morgan fingerprint density at radius 2 is 2.16 bits per heavy atom. The van der Waals surface area contributed by atoms with Crippen molar-refractivity contribution in [3.8, 4) is 0 Å². The lowest BCUT2D eigenvalue weighted by Gasteiger charge is -2.10. The summed E-state index contributed by atoms with van der Waals surface area (Å²) < 4.78 is 32.9. The molecule has 0 heterocycles. The van der Waals surface area contributed by atoms with Crippen molar-refractivity contribution < 1.29 is 18.3 Å². The molecule has 1 aromatic rings. The zero-order chi connectivity index (χ0) is 14.1. The maximum Gasteiger partial charge on any atom is 0.299 e. The van der Waals surface area contributed by atoms with Crippen molar-refractivity contribution >= 4 is 15.9 Å². The first-order valence-electron chi connectivity index (χ1n) is 6.03. The molecule has 0 fully saturated rings. The van der Waals surface area contributed by atoms with Crippen molar-refractivity contribution in [1.82, 2.24) is 4.72 Å². The molecule has 0 spiro atoms. The molecule has 0 aliphatic heterocycles. The maximum atomic E-state index is 11.7. The van der Waals surface area contributed by atoms with Gasteiger partial charge in [0.25, 0.3) is 10.2 Å². The topological polar surface area (TPSA) is 87.7 Å². The Morgan fingerprint density at radius 1 is 1.37 bits per heavy atom. The molecule has 0 atom stereocenters. The molecule has 0 saturated heterocycles. The van der Waals surface area contributed by atoms with Gasteiger partial charge in [0.15, 0.2) is 0 Å². The van der Waals surface area contributed by atoms with Gasteiger partial charge in [-0.1, -0.05) is 12.1 Å². The molecule has 3 N–H and O–H groups in total. The van der Waals surface area contributed by atoms with E-state index in [0.717, 1.165) is 5.56 Å². The van der Waals surface area contributed by atoms with E-state index in [1.807, 2.05) is 6.07 Å². The Kier molecular flexibility index (Phi) is 6.79. The smallest absolute Gasteiger partial charge is 0.299 e. The van der Waals surface area contributed by atoms with Crippen LogP contribution in [-0.4, -0.2) is 40.4 Å². The molecular formula is C12H20N2O4S. The third-order valence-electron chi connectivity index (χ3n) is 2.40. The standard InChI is InChI=1S/C12H20N2O4S/c1-18-9-7-13-19(16,17)14-12-6-2-4-11(10-12)5-3-8-15/h2,4,6,10,13-15H,3,5,7-9H2,1H3. The molecular weight excluding hydrogens is 268 g/mol. The summed E-state index contributed by atoms with van der Waals surface area (Å²) in [5.41, 5.74) is 1.48. The highest BCUT2D eigenvalue weighted by Gasteiger charge is 2.08. The summed E-state index contributed by atoms with van der Waals surface area (Å²) in [7, 11) is -2.07. The number of hydrogen-bond donors (Lipinski definition) is 3. The molecule has 1 aromatic carbocycles. The van der Waals surface area contributed by atoms with Gasteiger partial charge < -0.3 is 9.84 Å². The molecule has 0 unspecified atom stereocenters. The highest BCUT2D eigenvalue weighted by molar-refractivity contribution is 7.90. The molecule has 108 valence electrons. The van der Waals surface area contributed by atoms with Crippen LogP contribution < -0.4 is 9.44 Å². The van der Waals surface area contributed by atoms with Gasteiger partial charge in [-0.2, -0.15) is 13.1 Å². The van der Waals surface area contributed by atoms with Crippen LogP contribution in [0.4, 0.5) is 5.69 Å². The van der Waals surface area contributed by atoms with Crippen molar-refractivity contribution in [3.63, 3.8) is 0 Å². The summed E-state index contributed by atoms with van der Waals surface area (Å²) in [5, 5.41) is 8.77. The first-order valence-corrected chi connectivity index (χ1v) is 7.52. The molecule has 0 amide bonds. The van der Waals surface area contributed by atoms with Gasteiger partial charge in [0.2, 0.25) is 0 Å². The van der Waals surface area contributed by atoms with Crippen molar-refractivity contribution in [3.05, 3.63) is 29.8 Å². The van der Waals surface area contributed by atoms with Crippen LogP contribution in [0, 0.1) is 0 Å². The predicted octanol–water partition coefficient (Wildman–Crippen LogP) is 0.504. The largest absolute Gasteiger partial charge is 0.396 e. The molecule has 0 radical (unpaired) electrons. The third-order valence-corrected chi connectivity index (χ3v) is 3.49. The van der Waals surface area contributed by atoms with Crippen LogP contribution in [0.3, 0.4) is 0 Å². The Labute approximate surface area is 114 Å². The molecule has 0 saturated carbocycles. The highest BCUT2D eigenvalue weighted by Crippen LogP contribution is 2.13. The number of nitrogens with one attached hydrogen (secondary N) is 2. The van der Waals surface area contributed by atoms with Crippen LogP contribution in [0.2, 0.25) is 0 Å². The van der Waals surface area contributed by atoms with Crippen molar-refractivity contribution in [2.24, 2.45) is 0 Å². The van der Waals surface area contributed by atoms with Crippen LogP contribution in [-0.2, 0) is 21.4 Å². The zero-order valence-corrected chi connectivity index (χ0v) is 11.7. The van der Waals surface area contributed by atoms with Crippen molar-refractivity contribution in [2.45, 2.75) is 12.8 Å². The van der Waals surface area contributed by atoms with Crippen LogP contribution in [0.25, 0.3) is 0 Å². The number of ether oxygens (including phenoxy) is 1. The maximum absolute atomic E-state index is 11.7. The number of anilines is 1. The van der Waals surface area contributed by atoms with E-state index in [1.165, 1.54) is 7.11 Å². The Morgan fingerprint density at radius 3 is 2.84 bits per heavy atom. The Hall–Kier alpha value is -1.15. The minimum Gasteiger partial charge on any atom is -0.396 e. The fourth-order valence-corrected chi connectivity index (χ4v) is 2.40. The molecule has 7 heteroatoms. The summed E-state index contributed by atoms with van der Waals surface area (Å²) >= 11 is 0. The van der Waals surface area contributed by atoms with E-state index >= 15 is 0 Å².